The van der Waals surface area contributed by atoms with Gasteiger partial charge in [-0.05, 0) is 6.92 Å². The molecular weight excluding hydrogens is 206 g/mol. The van der Waals surface area contributed by atoms with Crippen molar-refractivity contribution >= 4 is 16.8 Å². The number of nitrogens with zero attached hydrogens (tertiary/aromatic N) is 1. The lowest BCUT2D eigenvalue weighted by molar-refractivity contribution is -0.164. The fraction of sp³-hybridized carbons (Fsp3) is 0.875. The average molecular weight is 219 g/mol. The molecule has 0 amide bonds. The number of thioether (sulfide) groups is 1. The molecule has 2 aliphatic rings. The van der Waals surface area contributed by atoms with Crippen LogP contribution in [0.4, 0.5) is 0 Å². The Balaban J connectivity index is 2.14. The van der Waals surface area contributed by atoms with Gasteiger partial charge in [0.2, 0.25) is 0 Å². The predicted molar refractivity (Wildman–Crippen MR) is 52.2 cm³/mol. The first-order valence-electron chi connectivity index (χ1n) is 4.47. The van der Waals surface area contributed by atoms with E-state index in [1.807, 2.05) is 6.92 Å². The molecule has 0 unspecified atom stereocenters. The van der Waals surface area contributed by atoms with Gasteiger partial charge in [-0.15, -0.1) is 0 Å². The molecule has 0 bridgehead atoms. The molecule has 0 aliphatic carbocycles. The summed E-state index contributed by atoms with van der Waals surface area (Å²) in [4.78, 5) is 4.17. The zero-order valence-electron chi connectivity index (χ0n) is 7.70. The summed E-state index contributed by atoms with van der Waals surface area (Å²) in [6, 6.07) is -0.405. The van der Waals surface area contributed by atoms with Gasteiger partial charge in [-0.25, -0.2) is 0 Å². The Morgan fingerprint density at radius 2 is 2.14 bits per heavy atom. The normalized spacial score (nSPS) is 47.4. The maximum atomic E-state index is 9.71. The molecule has 6 heteroatoms. The summed E-state index contributed by atoms with van der Waals surface area (Å²) in [6.45, 7) is 1.54. The second kappa shape index (κ2) is 3.79. The summed E-state index contributed by atoms with van der Waals surface area (Å²) >= 11 is 1.42. The lowest BCUT2D eigenvalue weighted by Gasteiger charge is -2.37. The van der Waals surface area contributed by atoms with E-state index in [4.69, 9.17) is 9.84 Å². The summed E-state index contributed by atoms with van der Waals surface area (Å²) in [5, 5.41) is 29.0. The first-order valence-corrected chi connectivity index (χ1v) is 5.35. The summed E-state index contributed by atoms with van der Waals surface area (Å²) in [6.07, 6.45) is -2.72. The molecule has 2 heterocycles. The lowest BCUT2D eigenvalue weighted by atomic mass is 9.99. The highest BCUT2D eigenvalue weighted by molar-refractivity contribution is 8.14. The molecule has 80 valence electrons. The zero-order valence-corrected chi connectivity index (χ0v) is 8.52. The number of hydrogen-bond acceptors (Lipinski definition) is 6. The molecule has 0 aromatic rings. The van der Waals surface area contributed by atoms with Crippen molar-refractivity contribution in [2.75, 3.05) is 6.61 Å². The number of aliphatic hydroxyl groups is 3. The summed E-state index contributed by atoms with van der Waals surface area (Å²) < 4.78 is 5.40. The van der Waals surface area contributed by atoms with Crippen LogP contribution in [0.25, 0.3) is 0 Å². The SMILES string of the molecule is CC1=N[C@@H]2[C@@H](O)[C@@H](O)[C@@H](CO)O[C@@H]2S1. The number of hydrogen-bond donors (Lipinski definition) is 3. The number of ether oxygens (including phenoxy) is 1. The van der Waals surface area contributed by atoms with E-state index in [9.17, 15) is 10.2 Å². The van der Waals surface area contributed by atoms with Crippen molar-refractivity contribution in [3.05, 3.63) is 0 Å². The minimum absolute atomic E-state index is 0.273. The Hall–Kier alpha value is -0.140. The van der Waals surface area contributed by atoms with Crippen LogP contribution >= 0.6 is 11.8 Å². The highest BCUT2D eigenvalue weighted by Crippen LogP contribution is 2.36. The summed E-state index contributed by atoms with van der Waals surface area (Å²) in [7, 11) is 0. The number of aliphatic hydroxyl groups excluding tert-OH is 3. The zero-order chi connectivity index (χ0) is 10.3. The van der Waals surface area contributed by atoms with Crippen molar-refractivity contribution in [1.82, 2.24) is 0 Å². The van der Waals surface area contributed by atoms with Gasteiger partial charge >= 0.3 is 0 Å². The van der Waals surface area contributed by atoms with Gasteiger partial charge in [-0.2, -0.15) is 0 Å². The van der Waals surface area contributed by atoms with Gasteiger partial charge in [0, 0.05) is 0 Å². The fourth-order valence-electron chi connectivity index (χ4n) is 1.71. The van der Waals surface area contributed by atoms with Gasteiger partial charge in [0.15, 0.2) is 0 Å². The Labute approximate surface area is 85.8 Å². The van der Waals surface area contributed by atoms with Crippen LogP contribution in [0.1, 0.15) is 6.92 Å². The number of fused-ring (bicyclic) bond motifs is 1. The third-order valence-corrected chi connectivity index (χ3v) is 3.53. The van der Waals surface area contributed by atoms with Crippen molar-refractivity contribution in [3.63, 3.8) is 0 Å². The summed E-state index contributed by atoms with van der Waals surface area (Å²) in [5.74, 6) is 0. The van der Waals surface area contributed by atoms with Gasteiger partial charge in [0.1, 0.15) is 29.8 Å². The van der Waals surface area contributed by atoms with Gasteiger partial charge in [-0.3, -0.25) is 4.99 Å². The fourth-order valence-corrected chi connectivity index (χ4v) is 2.79. The van der Waals surface area contributed by atoms with Crippen molar-refractivity contribution in [2.45, 2.75) is 36.7 Å². The molecule has 0 aromatic heterocycles. The van der Waals surface area contributed by atoms with E-state index in [2.05, 4.69) is 4.99 Å². The Morgan fingerprint density at radius 1 is 1.43 bits per heavy atom. The first kappa shape index (κ1) is 10.4. The topological polar surface area (TPSA) is 82.3 Å². The molecule has 1 saturated heterocycles. The molecule has 2 aliphatic heterocycles. The molecule has 2 rings (SSSR count). The maximum absolute atomic E-state index is 9.71. The van der Waals surface area contributed by atoms with E-state index < -0.39 is 24.4 Å². The number of aliphatic imine (C=N–C) groups is 1. The third-order valence-electron chi connectivity index (χ3n) is 2.47. The van der Waals surface area contributed by atoms with Crippen LogP contribution in [0.3, 0.4) is 0 Å². The highest BCUT2D eigenvalue weighted by atomic mass is 32.2. The van der Waals surface area contributed by atoms with Crippen LogP contribution < -0.4 is 0 Å². The van der Waals surface area contributed by atoms with E-state index in [0.29, 0.717) is 0 Å². The van der Waals surface area contributed by atoms with E-state index in [-0.39, 0.29) is 12.0 Å². The maximum Gasteiger partial charge on any atom is 0.134 e. The van der Waals surface area contributed by atoms with Crippen LogP contribution in [0.5, 0.6) is 0 Å². The van der Waals surface area contributed by atoms with E-state index >= 15 is 0 Å². The van der Waals surface area contributed by atoms with Crippen LogP contribution in [0, 0.1) is 0 Å². The average Bonchev–Trinajstić information content (AvgIpc) is 2.52. The molecule has 1 fully saturated rings. The molecule has 5 nitrogen and oxygen atoms in total. The largest absolute Gasteiger partial charge is 0.394 e. The molecule has 0 saturated carbocycles. The van der Waals surface area contributed by atoms with E-state index in [1.54, 1.807) is 0 Å². The highest BCUT2D eigenvalue weighted by Gasteiger charge is 2.47. The minimum Gasteiger partial charge on any atom is -0.394 e. The second-order valence-electron chi connectivity index (χ2n) is 3.46. The second-order valence-corrected chi connectivity index (χ2v) is 4.75. The van der Waals surface area contributed by atoms with E-state index in [1.165, 1.54) is 11.8 Å². The Morgan fingerprint density at radius 3 is 2.79 bits per heavy atom. The monoisotopic (exact) mass is 219 g/mol. The molecule has 5 atom stereocenters. The van der Waals surface area contributed by atoms with Crippen molar-refractivity contribution in [1.29, 1.82) is 0 Å². The third kappa shape index (κ3) is 1.57. The molecule has 0 radical (unpaired) electrons. The molecular formula is C8H13NO4S. The van der Waals surface area contributed by atoms with Crippen LogP contribution in [-0.4, -0.2) is 56.8 Å². The Bertz CT molecular complexity index is 260. The van der Waals surface area contributed by atoms with Crippen molar-refractivity contribution in [3.8, 4) is 0 Å². The molecule has 3 N–H and O–H groups in total. The minimum atomic E-state index is -1.06. The van der Waals surface area contributed by atoms with Gasteiger partial charge < -0.3 is 20.1 Å². The molecule has 14 heavy (non-hydrogen) atoms. The van der Waals surface area contributed by atoms with Gasteiger partial charge in [0.25, 0.3) is 0 Å². The van der Waals surface area contributed by atoms with Crippen LogP contribution in [-0.2, 0) is 4.74 Å². The Kier molecular flexibility index (Phi) is 2.81. The van der Waals surface area contributed by atoms with Gasteiger partial charge in [0.05, 0.1) is 11.7 Å². The van der Waals surface area contributed by atoms with Crippen molar-refractivity contribution in [2.24, 2.45) is 4.99 Å². The quantitative estimate of drug-likeness (QED) is 0.525. The van der Waals surface area contributed by atoms with Crippen LogP contribution in [0.2, 0.25) is 0 Å². The molecule has 0 spiro atoms. The summed E-state index contributed by atoms with van der Waals surface area (Å²) in [5.41, 5.74) is -0.273. The van der Waals surface area contributed by atoms with E-state index in [0.717, 1.165) is 5.04 Å². The van der Waals surface area contributed by atoms with Crippen molar-refractivity contribution < 1.29 is 20.1 Å². The predicted octanol–water partition coefficient (Wildman–Crippen LogP) is -1.04. The van der Waals surface area contributed by atoms with Gasteiger partial charge in [-0.1, -0.05) is 11.8 Å². The lowest BCUT2D eigenvalue weighted by Crippen LogP contribution is -2.55. The van der Waals surface area contributed by atoms with Crippen LogP contribution in [0.15, 0.2) is 4.99 Å². The number of rotatable bonds is 1. The standard InChI is InChI=1S/C8H13NO4S/c1-3-9-5-7(12)6(11)4(2-10)13-8(5)14-3/h4-8,10-12H,2H2,1H3/t4-,5-,6+,7-,8-/m1/s1. The first-order chi connectivity index (χ1) is 6.63. The smallest absolute Gasteiger partial charge is 0.134 e. The molecule has 0 aromatic carbocycles.